The third-order valence-electron chi connectivity index (χ3n) is 2.60. The van der Waals surface area contributed by atoms with Crippen LogP contribution >= 0.6 is 0 Å². The fourth-order valence-electron chi connectivity index (χ4n) is 1.62. The molecule has 2 nitrogen and oxygen atoms in total. The molecule has 18 heavy (non-hydrogen) atoms. The van der Waals surface area contributed by atoms with Gasteiger partial charge in [-0.15, -0.1) is 0 Å². The molecule has 0 aliphatic carbocycles. The zero-order valence-electron chi connectivity index (χ0n) is 10.3. The van der Waals surface area contributed by atoms with Gasteiger partial charge in [0, 0.05) is 12.6 Å². The van der Waals surface area contributed by atoms with Gasteiger partial charge in [-0.1, -0.05) is 12.1 Å². The normalized spacial score (nSPS) is 12.7. The second kappa shape index (κ2) is 7.97. The van der Waals surface area contributed by atoms with Gasteiger partial charge < -0.3 is 10.1 Å². The van der Waals surface area contributed by atoms with Crippen molar-refractivity contribution in [3.05, 3.63) is 29.8 Å². The smallest absolute Gasteiger partial charge is 0.387 e. The molecular weight excluding hydrogens is 243 g/mol. The maximum absolute atomic E-state index is 11.9. The highest BCUT2D eigenvalue weighted by molar-refractivity contribution is 5.27. The van der Waals surface area contributed by atoms with Gasteiger partial charge in [-0.3, -0.25) is 0 Å². The minimum atomic E-state index is -2.79. The Hall–Kier alpha value is -1.23. The lowest BCUT2D eigenvalue weighted by atomic mass is 10.1. The van der Waals surface area contributed by atoms with Gasteiger partial charge in [-0.2, -0.15) is 8.78 Å². The molecule has 0 amide bonds. The molecule has 1 atom stereocenters. The number of rotatable bonds is 8. The van der Waals surface area contributed by atoms with Crippen LogP contribution in [0, 0.1) is 0 Å². The van der Waals surface area contributed by atoms with Crippen LogP contribution < -0.4 is 10.1 Å². The predicted octanol–water partition coefficient (Wildman–Crippen LogP) is 3.17. The summed E-state index contributed by atoms with van der Waals surface area (Å²) in [5.74, 6) is 0.164. The van der Waals surface area contributed by atoms with Crippen molar-refractivity contribution >= 4 is 0 Å². The highest BCUT2D eigenvalue weighted by Gasteiger charge is 2.05. The average molecular weight is 261 g/mol. The number of halogens is 3. The summed E-state index contributed by atoms with van der Waals surface area (Å²) >= 11 is 0. The van der Waals surface area contributed by atoms with E-state index in [0.29, 0.717) is 6.54 Å². The van der Waals surface area contributed by atoms with Crippen LogP contribution in [0.3, 0.4) is 0 Å². The number of nitrogens with one attached hydrogen (secondary N) is 1. The van der Waals surface area contributed by atoms with E-state index in [0.717, 1.165) is 18.4 Å². The topological polar surface area (TPSA) is 21.3 Å². The maximum Gasteiger partial charge on any atom is 0.387 e. The van der Waals surface area contributed by atoms with Gasteiger partial charge >= 0.3 is 6.61 Å². The van der Waals surface area contributed by atoms with Crippen LogP contribution in [0.2, 0.25) is 0 Å². The largest absolute Gasteiger partial charge is 0.435 e. The number of benzene rings is 1. The first-order valence-corrected chi connectivity index (χ1v) is 5.95. The lowest BCUT2D eigenvalue weighted by Gasteiger charge is -2.12. The molecule has 1 aromatic carbocycles. The van der Waals surface area contributed by atoms with Crippen molar-refractivity contribution in [1.29, 1.82) is 0 Å². The molecule has 0 aliphatic heterocycles. The minimum absolute atomic E-state index is 0.164. The van der Waals surface area contributed by atoms with Crippen molar-refractivity contribution in [1.82, 2.24) is 5.32 Å². The summed E-state index contributed by atoms with van der Waals surface area (Å²) in [6.45, 7) is -0.809. The maximum atomic E-state index is 11.9. The lowest BCUT2D eigenvalue weighted by molar-refractivity contribution is -0.0498. The minimum Gasteiger partial charge on any atom is -0.435 e. The Balaban J connectivity index is 2.34. The second-order valence-corrected chi connectivity index (χ2v) is 4.11. The molecular formula is C13H18F3NO. The summed E-state index contributed by atoms with van der Waals surface area (Å²) in [5, 5.41) is 3.04. The highest BCUT2D eigenvalue weighted by atomic mass is 19.3. The van der Waals surface area contributed by atoms with Gasteiger partial charge in [0.1, 0.15) is 12.4 Å². The third kappa shape index (κ3) is 5.91. The van der Waals surface area contributed by atoms with Crippen LogP contribution in [0.15, 0.2) is 24.3 Å². The highest BCUT2D eigenvalue weighted by Crippen LogP contribution is 2.16. The summed E-state index contributed by atoms with van der Waals surface area (Å²) in [7, 11) is 0. The molecule has 0 heterocycles. The SMILES string of the molecule is CC(CCc1ccc(OC(F)F)cc1)NCCF. The summed E-state index contributed by atoms with van der Waals surface area (Å²) < 4.78 is 40.1. The van der Waals surface area contributed by atoms with Crippen molar-refractivity contribution in [3.63, 3.8) is 0 Å². The van der Waals surface area contributed by atoms with E-state index in [2.05, 4.69) is 10.1 Å². The van der Waals surface area contributed by atoms with Crippen molar-refractivity contribution in [3.8, 4) is 5.75 Å². The zero-order valence-corrected chi connectivity index (χ0v) is 10.3. The Kier molecular flexibility index (Phi) is 6.57. The number of aryl methyl sites for hydroxylation is 1. The van der Waals surface area contributed by atoms with E-state index >= 15 is 0 Å². The molecule has 102 valence electrons. The molecule has 1 rings (SSSR count). The fraction of sp³-hybridized carbons (Fsp3) is 0.538. The first kappa shape index (κ1) is 14.8. The molecule has 0 aromatic heterocycles. The molecule has 0 saturated carbocycles. The molecule has 0 fully saturated rings. The summed E-state index contributed by atoms with van der Waals surface area (Å²) in [4.78, 5) is 0. The standard InChI is InChI=1S/C13H18F3NO/c1-10(17-9-8-14)2-3-11-4-6-12(7-5-11)18-13(15)16/h4-7,10,13,17H,2-3,8-9H2,1H3. The summed E-state index contributed by atoms with van der Waals surface area (Å²) in [5.41, 5.74) is 1.05. The van der Waals surface area contributed by atoms with Gasteiger partial charge in [0.2, 0.25) is 0 Å². The van der Waals surface area contributed by atoms with Crippen molar-refractivity contribution in [2.75, 3.05) is 13.2 Å². The van der Waals surface area contributed by atoms with Crippen molar-refractivity contribution < 1.29 is 17.9 Å². The number of ether oxygens (including phenoxy) is 1. The van der Waals surface area contributed by atoms with Gasteiger partial charge in [0.05, 0.1) is 0 Å². The van der Waals surface area contributed by atoms with Gasteiger partial charge in [-0.05, 0) is 37.5 Å². The van der Waals surface area contributed by atoms with Gasteiger partial charge in [0.15, 0.2) is 0 Å². The van der Waals surface area contributed by atoms with E-state index in [1.54, 1.807) is 12.1 Å². The van der Waals surface area contributed by atoms with Crippen LogP contribution in [0.25, 0.3) is 0 Å². The molecule has 1 unspecified atom stereocenters. The third-order valence-corrected chi connectivity index (χ3v) is 2.60. The van der Waals surface area contributed by atoms with Crippen LogP contribution in [0.4, 0.5) is 13.2 Å². The van der Waals surface area contributed by atoms with E-state index in [4.69, 9.17) is 0 Å². The first-order valence-electron chi connectivity index (χ1n) is 5.95. The average Bonchev–Trinajstić information content (AvgIpc) is 2.35. The molecule has 0 spiro atoms. The predicted molar refractivity (Wildman–Crippen MR) is 64.8 cm³/mol. The molecule has 0 bridgehead atoms. The van der Waals surface area contributed by atoms with E-state index in [1.807, 2.05) is 6.92 Å². The lowest BCUT2D eigenvalue weighted by Crippen LogP contribution is -2.28. The van der Waals surface area contributed by atoms with Gasteiger partial charge in [-0.25, -0.2) is 4.39 Å². The Bertz CT molecular complexity index is 330. The summed E-state index contributed by atoms with van der Waals surface area (Å²) in [6.07, 6.45) is 1.68. The Morgan fingerprint density at radius 3 is 2.44 bits per heavy atom. The molecule has 1 aromatic rings. The quantitative estimate of drug-likeness (QED) is 0.776. The Morgan fingerprint density at radius 1 is 1.22 bits per heavy atom. The molecule has 0 radical (unpaired) electrons. The zero-order chi connectivity index (χ0) is 13.4. The number of alkyl halides is 3. The molecule has 0 aliphatic rings. The van der Waals surface area contributed by atoms with Gasteiger partial charge in [0.25, 0.3) is 0 Å². The van der Waals surface area contributed by atoms with Crippen LogP contribution in [-0.2, 0) is 6.42 Å². The van der Waals surface area contributed by atoms with Crippen LogP contribution in [0.5, 0.6) is 5.75 Å². The summed E-state index contributed by atoms with van der Waals surface area (Å²) in [6, 6.07) is 6.82. The first-order chi connectivity index (χ1) is 8.61. The Labute approximate surface area is 105 Å². The Morgan fingerprint density at radius 2 is 1.89 bits per heavy atom. The van der Waals surface area contributed by atoms with Crippen molar-refractivity contribution in [2.45, 2.75) is 32.4 Å². The molecule has 0 saturated heterocycles. The monoisotopic (exact) mass is 261 g/mol. The van der Waals surface area contributed by atoms with Crippen molar-refractivity contribution in [2.24, 2.45) is 0 Å². The van der Waals surface area contributed by atoms with Crippen LogP contribution in [-0.4, -0.2) is 25.9 Å². The number of hydrogen-bond acceptors (Lipinski definition) is 2. The van der Waals surface area contributed by atoms with E-state index in [-0.39, 0.29) is 18.5 Å². The number of hydrogen-bond donors (Lipinski definition) is 1. The van der Waals surface area contributed by atoms with E-state index < -0.39 is 6.61 Å². The van der Waals surface area contributed by atoms with E-state index in [1.165, 1.54) is 12.1 Å². The second-order valence-electron chi connectivity index (χ2n) is 4.11. The van der Waals surface area contributed by atoms with E-state index in [9.17, 15) is 13.2 Å². The fourth-order valence-corrected chi connectivity index (χ4v) is 1.62. The van der Waals surface area contributed by atoms with Crippen LogP contribution in [0.1, 0.15) is 18.9 Å². The molecule has 5 heteroatoms. The molecule has 1 N–H and O–H groups in total.